The summed E-state index contributed by atoms with van der Waals surface area (Å²) >= 11 is 6.18. The van der Waals surface area contributed by atoms with Crippen molar-refractivity contribution < 1.29 is 14.5 Å². The van der Waals surface area contributed by atoms with E-state index in [0.29, 0.717) is 5.56 Å². The fourth-order valence-corrected chi connectivity index (χ4v) is 3.82. The molecule has 0 spiro atoms. The number of nitrogens with zero attached hydrogens (tertiary/aromatic N) is 2. The van der Waals surface area contributed by atoms with E-state index >= 15 is 0 Å². The van der Waals surface area contributed by atoms with E-state index in [1.54, 1.807) is 0 Å². The third-order valence-electron chi connectivity index (χ3n) is 4.87. The molecule has 7 heteroatoms. The molecule has 0 saturated heterocycles. The lowest BCUT2D eigenvalue weighted by Crippen LogP contribution is -2.41. The molecule has 2 amide bonds. The Morgan fingerprint density at radius 1 is 0.960 bits per heavy atom. The summed E-state index contributed by atoms with van der Waals surface area (Å²) in [6.45, 7) is 0. The molecule has 1 fully saturated rings. The minimum Gasteiger partial charge on any atom is -0.270 e. The van der Waals surface area contributed by atoms with Crippen molar-refractivity contribution >= 4 is 34.7 Å². The summed E-state index contributed by atoms with van der Waals surface area (Å²) in [5.74, 6) is -0.847. The van der Waals surface area contributed by atoms with Gasteiger partial charge >= 0.3 is 0 Å². The number of halogens is 1. The molecule has 0 aromatic heterocycles. The Bertz CT molecular complexity index is 734. The lowest BCUT2D eigenvalue weighted by atomic mass is 9.95. The normalized spacial score (nSPS) is 20.0. The first-order valence-electron chi connectivity index (χ1n) is 8.53. The summed E-state index contributed by atoms with van der Waals surface area (Å²) in [7, 11) is 0. The van der Waals surface area contributed by atoms with Crippen molar-refractivity contribution in [1.29, 1.82) is 0 Å². The van der Waals surface area contributed by atoms with Gasteiger partial charge in [0.05, 0.1) is 10.5 Å². The highest BCUT2D eigenvalue weighted by Gasteiger charge is 2.41. The molecule has 2 aliphatic rings. The van der Waals surface area contributed by atoms with Crippen molar-refractivity contribution in [3.63, 3.8) is 0 Å². The molecule has 1 aromatic carbocycles. The number of rotatable bonds is 3. The van der Waals surface area contributed by atoms with Crippen LogP contribution in [0.3, 0.4) is 0 Å². The van der Waals surface area contributed by atoms with Gasteiger partial charge in [-0.05, 0) is 30.5 Å². The number of non-ortho nitro benzene ring substituents is 1. The van der Waals surface area contributed by atoms with Gasteiger partial charge in [-0.2, -0.15) is 0 Å². The zero-order valence-electron chi connectivity index (χ0n) is 13.7. The summed E-state index contributed by atoms with van der Waals surface area (Å²) in [5, 5.41) is 10.7. The Labute approximate surface area is 150 Å². The van der Waals surface area contributed by atoms with Gasteiger partial charge in [-0.1, -0.05) is 43.7 Å². The minimum atomic E-state index is -0.512. The SMILES string of the molecule is O=C1C(Cl)=C(c2ccc([N+](=O)[O-])cc2)C(=O)N1C1CCCCCCC1. The molecule has 0 N–H and O–H groups in total. The van der Waals surface area contributed by atoms with Gasteiger partial charge in [0.2, 0.25) is 0 Å². The molecule has 25 heavy (non-hydrogen) atoms. The number of nitro benzene ring substituents is 1. The quantitative estimate of drug-likeness (QED) is 0.462. The van der Waals surface area contributed by atoms with E-state index in [9.17, 15) is 19.7 Å². The number of hydrogen-bond donors (Lipinski definition) is 0. The second-order valence-electron chi connectivity index (χ2n) is 6.47. The molecule has 1 aliphatic heterocycles. The Morgan fingerprint density at radius 3 is 2.08 bits per heavy atom. The van der Waals surface area contributed by atoms with Gasteiger partial charge in [0.1, 0.15) is 5.03 Å². The van der Waals surface area contributed by atoms with E-state index in [2.05, 4.69) is 0 Å². The third-order valence-corrected chi connectivity index (χ3v) is 5.22. The molecular formula is C18H19ClN2O4. The van der Waals surface area contributed by atoms with Crippen LogP contribution in [0.4, 0.5) is 5.69 Å². The molecule has 0 atom stereocenters. The molecular weight excluding hydrogens is 344 g/mol. The van der Waals surface area contributed by atoms with Crippen LogP contribution in [0.1, 0.15) is 50.5 Å². The maximum atomic E-state index is 12.9. The molecule has 3 rings (SSSR count). The van der Waals surface area contributed by atoms with Gasteiger partial charge in [-0.3, -0.25) is 24.6 Å². The predicted molar refractivity (Wildman–Crippen MR) is 93.8 cm³/mol. The summed E-state index contributed by atoms with van der Waals surface area (Å²) < 4.78 is 0. The number of hydrogen-bond acceptors (Lipinski definition) is 4. The maximum Gasteiger partial charge on any atom is 0.273 e. The molecule has 1 heterocycles. The van der Waals surface area contributed by atoms with E-state index in [1.807, 2.05) is 0 Å². The average molecular weight is 363 g/mol. The van der Waals surface area contributed by atoms with E-state index in [1.165, 1.54) is 35.6 Å². The van der Waals surface area contributed by atoms with Gasteiger partial charge in [0, 0.05) is 18.2 Å². The standard InChI is InChI=1S/C18H19ClN2O4/c19-16-15(12-8-10-14(11-9-12)21(24)25)17(22)20(18(16)23)13-6-4-2-1-3-5-7-13/h8-11,13H,1-7H2. The number of imide groups is 1. The van der Waals surface area contributed by atoms with Crippen LogP contribution in [0.2, 0.25) is 0 Å². The Hall–Kier alpha value is -2.21. The Balaban J connectivity index is 1.87. The largest absolute Gasteiger partial charge is 0.273 e. The van der Waals surface area contributed by atoms with Crippen LogP contribution in [-0.2, 0) is 9.59 Å². The van der Waals surface area contributed by atoms with Crippen molar-refractivity contribution in [1.82, 2.24) is 4.90 Å². The van der Waals surface area contributed by atoms with Gasteiger partial charge < -0.3 is 0 Å². The van der Waals surface area contributed by atoms with Crippen molar-refractivity contribution in [2.75, 3.05) is 0 Å². The van der Waals surface area contributed by atoms with E-state index in [0.717, 1.165) is 38.5 Å². The average Bonchev–Trinajstić information content (AvgIpc) is 2.78. The summed E-state index contributed by atoms with van der Waals surface area (Å²) in [4.78, 5) is 37.0. The fraction of sp³-hybridized carbons (Fsp3) is 0.444. The van der Waals surface area contributed by atoms with Crippen LogP contribution in [-0.4, -0.2) is 27.7 Å². The smallest absolute Gasteiger partial charge is 0.270 e. The fourth-order valence-electron chi connectivity index (χ4n) is 3.54. The Kier molecular flexibility index (Phi) is 5.18. The van der Waals surface area contributed by atoms with E-state index in [4.69, 9.17) is 11.6 Å². The van der Waals surface area contributed by atoms with E-state index in [-0.39, 0.29) is 22.3 Å². The first kappa shape index (κ1) is 17.6. The molecule has 1 aromatic rings. The molecule has 0 unspecified atom stereocenters. The van der Waals surface area contributed by atoms with Crippen LogP contribution in [0, 0.1) is 10.1 Å². The molecule has 0 bridgehead atoms. The van der Waals surface area contributed by atoms with Gasteiger partial charge in [-0.15, -0.1) is 0 Å². The molecule has 132 valence electrons. The second kappa shape index (κ2) is 7.35. The first-order valence-corrected chi connectivity index (χ1v) is 8.91. The number of carbonyl (C=O) groups excluding carboxylic acids is 2. The van der Waals surface area contributed by atoms with Crippen LogP contribution in [0.15, 0.2) is 29.3 Å². The lowest BCUT2D eigenvalue weighted by Gasteiger charge is -2.28. The van der Waals surface area contributed by atoms with Crippen LogP contribution in [0.5, 0.6) is 0 Å². The number of amides is 2. The van der Waals surface area contributed by atoms with Crippen LogP contribution >= 0.6 is 11.6 Å². The maximum absolute atomic E-state index is 12.9. The highest BCUT2D eigenvalue weighted by molar-refractivity contribution is 6.55. The monoisotopic (exact) mass is 362 g/mol. The minimum absolute atomic E-state index is 0.0749. The third kappa shape index (κ3) is 3.44. The topological polar surface area (TPSA) is 80.5 Å². The first-order chi connectivity index (χ1) is 12.0. The lowest BCUT2D eigenvalue weighted by molar-refractivity contribution is -0.384. The second-order valence-corrected chi connectivity index (χ2v) is 6.85. The highest BCUT2D eigenvalue weighted by Crippen LogP contribution is 2.36. The van der Waals surface area contributed by atoms with E-state index < -0.39 is 16.7 Å². The van der Waals surface area contributed by atoms with Crippen LogP contribution < -0.4 is 0 Å². The van der Waals surface area contributed by atoms with Crippen molar-refractivity contribution in [3.05, 3.63) is 45.0 Å². The molecule has 0 radical (unpaired) electrons. The Morgan fingerprint density at radius 2 is 1.52 bits per heavy atom. The van der Waals surface area contributed by atoms with Crippen molar-refractivity contribution in [2.45, 2.75) is 51.0 Å². The van der Waals surface area contributed by atoms with Gasteiger partial charge in [0.15, 0.2) is 0 Å². The predicted octanol–water partition coefficient (Wildman–Crippen LogP) is 4.03. The number of nitro groups is 1. The van der Waals surface area contributed by atoms with Crippen molar-refractivity contribution in [2.24, 2.45) is 0 Å². The number of carbonyl (C=O) groups is 2. The molecule has 1 saturated carbocycles. The molecule has 1 aliphatic carbocycles. The number of benzene rings is 1. The highest BCUT2D eigenvalue weighted by atomic mass is 35.5. The van der Waals surface area contributed by atoms with Crippen LogP contribution in [0.25, 0.3) is 5.57 Å². The zero-order valence-corrected chi connectivity index (χ0v) is 14.5. The molecule has 6 nitrogen and oxygen atoms in total. The van der Waals surface area contributed by atoms with Crippen molar-refractivity contribution in [3.8, 4) is 0 Å². The summed E-state index contributed by atoms with van der Waals surface area (Å²) in [6, 6.07) is 5.42. The summed E-state index contributed by atoms with van der Waals surface area (Å²) in [5.41, 5.74) is 0.500. The van der Waals surface area contributed by atoms with Gasteiger partial charge in [-0.25, -0.2) is 0 Å². The summed E-state index contributed by atoms with van der Waals surface area (Å²) in [6.07, 6.45) is 7.01. The van der Waals surface area contributed by atoms with Gasteiger partial charge in [0.25, 0.3) is 17.5 Å². The zero-order chi connectivity index (χ0) is 18.0.